The maximum absolute atomic E-state index is 5.16. The molecule has 0 saturated carbocycles. The summed E-state index contributed by atoms with van der Waals surface area (Å²) in [6, 6.07) is 57.9. The van der Waals surface area contributed by atoms with Crippen LogP contribution in [0.5, 0.6) is 0 Å². The number of nitrogens with zero attached hydrogens (tertiary/aromatic N) is 3. The number of fused-ring (bicyclic) bond motifs is 4. The van der Waals surface area contributed by atoms with Crippen LogP contribution in [-0.2, 0) is 0 Å². The highest BCUT2D eigenvalue weighted by Crippen LogP contribution is 2.36. The van der Waals surface area contributed by atoms with Gasteiger partial charge in [0.05, 0.1) is 11.4 Å². The third-order valence-corrected chi connectivity index (χ3v) is 9.15. The number of hydrogen-bond acceptors (Lipinski definition) is 3. The summed E-state index contributed by atoms with van der Waals surface area (Å²) in [5.74, 6) is 0.699. The summed E-state index contributed by atoms with van der Waals surface area (Å²) >= 11 is 0. The summed E-state index contributed by atoms with van der Waals surface area (Å²) in [4.78, 5) is 14.6. The lowest BCUT2D eigenvalue weighted by Crippen LogP contribution is -1.96. The maximum atomic E-state index is 5.16. The Morgan fingerprint density at radius 1 is 0.333 bits per heavy atom. The molecule has 0 saturated heterocycles. The SMILES string of the molecule is c1cncc(-c2cccc(-c3cc(-c4ccc(-c5cc6ccccc6c6ccccc56)cc4)nc(-c4ccc5ccccc5c4)n3)c2)c1. The molecule has 9 aromatic rings. The number of pyridine rings is 1. The molecule has 9 rings (SSSR count). The van der Waals surface area contributed by atoms with Gasteiger partial charge in [0.1, 0.15) is 0 Å². The van der Waals surface area contributed by atoms with E-state index < -0.39 is 0 Å². The number of aromatic nitrogens is 3. The first-order chi connectivity index (χ1) is 23.8. The Kier molecular flexibility index (Phi) is 6.80. The van der Waals surface area contributed by atoms with E-state index in [4.69, 9.17) is 9.97 Å². The molecule has 7 aromatic carbocycles. The Hall–Kier alpha value is -6.45. The van der Waals surface area contributed by atoms with Crippen LogP contribution in [0.2, 0.25) is 0 Å². The van der Waals surface area contributed by atoms with Gasteiger partial charge in [0.15, 0.2) is 5.82 Å². The second-order valence-corrected chi connectivity index (χ2v) is 12.1. The van der Waals surface area contributed by atoms with Crippen LogP contribution in [-0.4, -0.2) is 15.0 Å². The van der Waals surface area contributed by atoms with E-state index in [0.29, 0.717) is 5.82 Å². The van der Waals surface area contributed by atoms with Crippen LogP contribution in [0.4, 0.5) is 0 Å². The molecular formula is C45H29N3. The van der Waals surface area contributed by atoms with E-state index in [1.807, 2.05) is 12.3 Å². The van der Waals surface area contributed by atoms with Crippen LogP contribution in [0.1, 0.15) is 0 Å². The van der Waals surface area contributed by atoms with Crippen molar-refractivity contribution >= 4 is 32.3 Å². The van der Waals surface area contributed by atoms with Gasteiger partial charge in [-0.2, -0.15) is 0 Å². The van der Waals surface area contributed by atoms with E-state index in [1.54, 1.807) is 6.20 Å². The van der Waals surface area contributed by atoms with Crippen molar-refractivity contribution in [3.05, 3.63) is 176 Å². The summed E-state index contributed by atoms with van der Waals surface area (Å²) in [7, 11) is 0. The first-order valence-corrected chi connectivity index (χ1v) is 16.2. The predicted octanol–water partition coefficient (Wildman–Crippen LogP) is 11.7. The Bertz CT molecular complexity index is 2610. The van der Waals surface area contributed by atoms with Crippen molar-refractivity contribution in [2.75, 3.05) is 0 Å². The Labute approximate surface area is 278 Å². The highest BCUT2D eigenvalue weighted by Gasteiger charge is 2.14. The zero-order valence-electron chi connectivity index (χ0n) is 26.1. The Morgan fingerprint density at radius 2 is 0.979 bits per heavy atom. The molecule has 2 aromatic heterocycles. The molecule has 0 amide bonds. The lowest BCUT2D eigenvalue weighted by molar-refractivity contribution is 1.18. The van der Waals surface area contributed by atoms with E-state index in [-0.39, 0.29) is 0 Å². The summed E-state index contributed by atoms with van der Waals surface area (Å²) in [6.45, 7) is 0. The molecule has 0 fully saturated rings. The molecule has 0 spiro atoms. The van der Waals surface area contributed by atoms with Crippen molar-refractivity contribution in [1.29, 1.82) is 0 Å². The van der Waals surface area contributed by atoms with Crippen molar-refractivity contribution in [1.82, 2.24) is 15.0 Å². The molecule has 0 atom stereocenters. The van der Waals surface area contributed by atoms with E-state index in [9.17, 15) is 0 Å². The second-order valence-electron chi connectivity index (χ2n) is 12.1. The molecule has 0 aliphatic carbocycles. The fraction of sp³-hybridized carbons (Fsp3) is 0. The van der Waals surface area contributed by atoms with Crippen LogP contribution in [0.15, 0.2) is 176 Å². The standard InChI is InChI=1S/C45H29N3/c1-2-10-33-26-37(23-18-30(33)9-1)45-47-43(28-44(48-45)36-13-7-12-34(25-36)38-14-8-24-46-29-38)32-21-19-31(20-22-32)42-27-35-11-3-4-15-39(35)40-16-5-6-17-41(40)42/h1-29H. The normalized spacial score (nSPS) is 11.3. The van der Waals surface area contributed by atoms with Gasteiger partial charge in [-0.15, -0.1) is 0 Å². The molecule has 0 bridgehead atoms. The topological polar surface area (TPSA) is 38.7 Å². The van der Waals surface area contributed by atoms with Crippen LogP contribution >= 0.6 is 0 Å². The van der Waals surface area contributed by atoms with Crippen molar-refractivity contribution in [3.63, 3.8) is 0 Å². The number of rotatable bonds is 5. The van der Waals surface area contributed by atoms with Gasteiger partial charge in [-0.25, -0.2) is 9.97 Å². The third-order valence-electron chi connectivity index (χ3n) is 9.15. The largest absolute Gasteiger partial charge is 0.264 e. The van der Waals surface area contributed by atoms with E-state index in [2.05, 4.69) is 163 Å². The minimum absolute atomic E-state index is 0.699. The zero-order chi connectivity index (χ0) is 31.9. The molecule has 0 N–H and O–H groups in total. The lowest BCUT2D eigenvalue weighted by atomic mass is 9.92. The summed E-state index contributed by atoms with van der Waals surface area (Å²) in [5, 5.41) is 7.39. The predicted molar refractivity (Wildman–Crippen MR) is 200 cm³/mol. The highest BCUT2D eigenvalue weighted by atomic mass is 14.9. The quantitative estimate of drug-likeness (QED) is 0.182. The minimum Gasteiger partial charge on any atom is -0.264 e. The van der Waals surface area contributed by atoms with Gasteiger partial charge in [0.25, 0.3) is 0 Å². The van der Waals surface area contributed by atoms with Crippen LogP contribution < -0.4 is 0 Å². The van der Waals surface area contributed by atoms with Crippen molar-refractivity contribution in [2.24, 2.45) is 0 Å². The van der Waals surface area contributed by atoms with Gasteiger partial charge in [0.2, 0.25) is 0 Å². The number of hydrogen-bond donors (Lipinski definition) is 0. The minimum atomic E-state index is 0.699. The molecule has 0 aliphatic rings. The van der Waals surface area contributed by atoms with Crippen molar-refractivity contribution in [3.8, 4) is 56.2 Å². The second kappa shape index (κ2) is 11.7. The summed E-state index contributed by atoms with van der Waals surface area (Å²) < 4.78 is 0. The molecule has 3 nitrogen and oxygen atoms in total. The highest BCUT2D eigenvalue weighted by molar-refractivity contribution is 6.13. The molecule has 0 unspecified atom stereocenters. The average molecular weight is 612 g/mol. The fourth-order valence-corrected chi connectivity index (χ4v) is 6.71. The molecule has 2 heterocycles. The third kappa shape index (κ3) is 5.08. The van der Waals surface area contributed by atoms with Gasteiger partial charge in [-0.1, -0.05) is 133 Å². The molecule has 48 heavy (non-hydrogen) atoms. The van der Waals surface area contributed by atoms with Crippen LogP contribution in [0, 0.1) is 0 Å². The van der Waals surface area contributed by atoms with E-state index in [1.165, 1.54) is 38.1 Å². The van der Waals surface area contributed by atoms with Gasteiger partial charge < -0.3 is 0 Å². The smallest absolute Gasteiger partial charge is 0.160 e. The summed E-state index contributed by atoms with van der Waals surface area (Å²) in [6.07, 6.45) is 3.69. The van der Waals surface area contributed by atoms with Gasteiger partial charge in [-0.3, -0.25) is 4.98 Å². The molecular weight excluding hydrogens is 583 g/mol. The van der Waals surface area contributed by atoms with Crippen molar-refractivity contribution in [2.45, 2.75) is 0 Å². The van der Waals surface area contributed by atoms with E-state index >= 15 is 0 Å². The van der Waals surface area contributed by atoms with E-state index in [0.717, 1.165) is 44.6 Å². The molecule has 3 heteroatoms. The monoisotopic (exact) mass is 611 g/mol. The Balaban J connectivity index is 1.18. The molecule has 224 valence electrons. The Morgan fingerprint density at radius 3 is 1.79 bits per heavy atom. The number of benzene rings is 7. The van der Waals surface area contributed by atoms with Crippen LogP contribution in [0.25, 0.3) is 88.5 Å². The van der Waals surface area contributed by atoms with Gasteiger partial charge in [0, 0.05) is 34.6 Å². The average Bonchev–Trinajstić information content (AvgIpc) is 3.17. The zero-order valence-corrected chi connectivity index (χ0v) is 26.1. The van der Waals surface area contributed by atoms with Gasteiger partial charge in [-0.05, 0) is 79.3 Å². The molecule has 0 radical (unpaired) electrons. The van der Waals surface area contributed by atoms with Crippen molar-refractivity contribution < 1.29 is 0 Å². The van der Waals surface area contributed by atoms with Gasteiger partial charge >= 0.3 is 0 Å². The fourth-order valence-electron chi connectivity index (χ4n) is 6.71. The first kappa shape index (κ1) is 27.8. The molecule has 0 aliphatic heterocycles. The summed E-state index contributed by atoms with van der Waals surface area (Å²) in [5.41, 5.74) is 9.37. The first-order valence-electron chi connectivity index (χ1n) is 16.2. The van der Waals surface area contributed by atoms with Crippen LogP contribution in [0.3, 0.4) is 0 Å². The lowest BCUT2D eigenvalue weighted by Gasteiger charge is -2.13. The maximum Gasteiger partial charge on any atom is 0.160 e.